The van der Waals surface area contributed by atoms with Crippen molar-refractivity contribution in [3.63, 3.8) is 0 Å². The zero-order valence-electron chi connectivity index (χ0n) is 11.6. The van der Waals surface area contributed by atoms with E-state index in [0.29, 0.717) is 19.1 Å². The number of nitrogens with zero attached hydrogens (tertiary/aromatic N) is 1. The lowest BCUT2D eigenvalue weighted by Crippen LogP contribution is -2.41. The summed E-state index contributed by atoms with van der Waals surface area (Å²) in [5.41, 5.74) is 1.72. The largest absolute Gasteiger partial charge is 0.381 e. The van der Waals surface area contributed by atoms with Crippen LogP contribution in [0.1, 0.15) is 24.0 Å². The molecule has 0 bridgehead atoms. The van der Waals surface area contributed by atoms with Gasteiger partial charge in [0.15, 0.2) is 0 Å². The number of benzene rings is 1. The first-order chi connectivity index (χ1) is 9.53. The molecule has 1 aliphatic heterocycles. The van der Waals surface area contributed by atoms with Gasteiger partial charge in [-0.25, -0.2) is 12.7 Å². The summed E-state index contributed by atoms with van der Waals surface area (Å²) in [6, 6.07) is 7.46. The molecule has 1 fully saturated rings. The molecule has 0 N–H and O–H groups in total. The zero-order chi connectivity index (χ0) is 14.6. The second kappa shape index (κ2) is 6.89. The molecular weight excluding hydrogens is 298 g/mol. The van der Waals surface area contributed by atoms with E-state index in [1.54, 1.807) is 7.05 Å². The average Bonchev–Trinajstić information content (AvgIpc) is 2.47. The topological polar surface area (TPSA) is 46.6 Å². The van der Waals surface area contributed by atoms with Crippen LogP contribution in [0.4, 0.5) is 0 Å². The van der Waals surface area contributed by atoms with Crippen LogP contribution in [-0.2, 0) is 26.4 Å². The molecule has 4 nitrogen and oxygen atoms in total. The summed E-state index contributed by atoms with van der Waals surface area (Å²) in [5, 5.41) is 0. The van der Waals surface area contributed by atoms with Gasteiger partial charge in [-0.05, 0) is 24.0 Å². The molecule has 0 unspecified atom stereocenters. The molecule has 0 atom stereocenters. The first kappa shape index (κ1) is 15.8. The van der Waals surface area contributed by atoms with Crippen LogP contribution in [0.3, 0.4) is 0 Å². The van der Waals surface area contributed by atoms with Crippen LogP contribution in [0.15, 0.2) is 24.3 Å². The molecule has 0 aromatic heterocycles. The van der Waals surface area contributed by atoms with E-state index in [1.807, 2.05) is 24.3 Å². The first-order valence-corrected chi connectivity index (χ1v) is 8.84. The van der Waals surface area contributed by atoms with Crippen molar-refractivity contribution >= 4 is 21.6 Å². The van der Waals surface area contributed by atoms with Crippen molar-refractivity contribution in [2.24, 2.45) is 0 Å². The Bertz CT molecular complexity index is 541. The van der Waals surface area contributed by atoms with Crippen molar-refractivity contribution in [1.82, 2.24) is 4.31 Å². The highest BCUT2D eigenvalue weighted by atomic mass is 35.5. The molecule has 1 aliphatic rings. The third kappa shape index (κ3) is 3.95. The van der Waals surface area contributed by atoms with E-state index in [-0.39, 0.29) is 11.8 Å². The van der Waals surface area contributed by atoms with Gasteiger partial charge in [-0.15, -0.1) is 11.6 Å². The summed E-state index contributed by atoms with van der Waals surface area (Å²) < 4.78 is 31.7. The van der Waals surface area contributed by atoms with Crippen molar-refractivity contribution < 1.29 is 13.2 Å². The van der Waals surface area contributed by atoms with Crippen LogP contribution in [0, 0.1) is 0 Å². The highest BCUT2D eigenvalue weighted by Crippen LogP contribution is 2.19. The van der Waals surface area contributed by atoms with E-state index in [4.69, 9.17) is 16.3 Å². The van der Waals surface area contributed by atoms with Gasteiger partial charge < -0.3 is 4.74 Å². The predicted octanol–water partition coefficient (Wildman–Crippen LogP) is 2.37. The third-order valence-electron chi connectivity index (χ3n) is 3.64. The zero-order valence-corrected chi connectivity index (χ0v) is 13.2. The Kier molecular flexibility index (Phi) is 5.43. The average molecular weight is 318 g/mol. The fourth-order valence-electron chi connectivity index (χ4n) is 2.39. The van der Waals surface area contributed by atoms with Crippen LogP contribution in [0.2, 0.25) is 0 Å². The monoisotopic (exact) mass is 317 g/mol. The molecule has 1 aromatic rings. The second-order valence-corrected chi connectivity index (χ2v) is 7.37. The molecule has 112 valence electrons. The number of hydrogen-bond acceptors (Lipinski definition) is 3. The maximum Gasteiger partial charge on any atom is 0.218 e. The van der Waals surface area contributed by atoms with Crippen LogP contribution in [0.5, 0.6) is 0 Å². The lowest BCUT2D eigenvalue weighted by atomic mass is 10.1. The molecule has 1 saturated heterocycles. The highest BCUT2D eigenvalue weighted by Gasteiger charge is 2.27. The number of halogens is 1. The van der Waals surface area contributed by atoms with Crippen LogP contribution < -0.4 is 0 Å². The number of hydrogen-bond donors (Lipinski definition) is 0. The summed E-state index contributed by atoms with van der Waals surface area (Å²) in [5.74, 6) is 0.412. The normalized spacial score (nSPS) is 17.6. The maximum absolute atomic E-state index is 12.5. The Hall–Kier alpha value is -0.620. The Labute approximate surface area is 125 Å². The summed E-state index contributed by atoms with van der Waals surface area (Å²) in [7, 11) is -1.64. The van der Waals surface area contributed by atoms with E-state index >= 15 is 0 Å². The van der Waals surface area contributed by atoms with Crippen LogP contribution in [0.25, 0.3) is 0 Å². The quantitative estimate of drug-likeness (QED) is 0.783. The Morgan fingerprint density at radius 2 is 1.95 bits per heavy atom. The van der Waals surface area contributed by atoms with Gasteiger partial charge in [0, 0.05) is 32.2 Å². The highest BCUT2D eigenvalue weighted by molar-refractivity contribution is 7.88. The van der Waals surface area contributed by atoms with Crippen molar-refractivity contribution in [3.8, 4) is 0 Å². The van der Waals surface area contributed by atoms with Crippen molar-refractivity contribution in [1.29, 1.82) is 0 Å². The number of alkyl halides is 1. The van der Waals surface area contributed by atoms with E-state index < -0.39 is 10.0 Å². The minimum absolute atomic E-state index is 0.0194. The summed E-state index contributed by atoms with van der Waals surface area (Å²) in [4.78, 5) is 0. The van der Waals surface area contributed by atoms with Gasteiger partial charge in [-0.2, -0.15) is 0 Å². The molecule has 0 amide bonds. The van der Waals surface area contributed by atoms with Gasteiger partial charge in [0.05, 0.1) is 5.75 Å². The smallest absolute Gasteiger partial charge is 0.218 e. The van der Waals surface area contributed by atoms with E-state index in [0.717, 1.165) is 24.0 Å². The minimum atomic E-state index is -3.30. The SMILES string of the molecule is CN(C1CCOCC1)S(=O)(=O)Cc1cccc(CCl)c1. The molecule has 0 radical (unpaired) electrons. The fraction of sp³-hybridized carbons (Fsp3) is 0.571. The number of sulfonamides is 1. The van der Waals surface area contributed by atoms with Gasteiger partial charge in [0.1, 0.15) is 0 Å². The Balaban J connectivity index is 2.09. The van der Waals surface area contributed by atoms with Crippen LogP contribution >= 0.6 is 11.6 Å². The van der Waals surface area contributed by atoms with Gasteiger partial charge >= 0.3 is 0 Å². The summed E-state index contributed by atoms with van der Waals surface area (Å²) in [6.07, 6.45) is 1.52. The molecule has 1 aromatic carbocycles. The fourth-order valence-corrected chi connectivity index (χ4v) is 4.03. The Morgan fingerprint density at radius 1 is 1.30 bits per heavy atom. The molecule has 20 heavy (non-hydrogen) atoms. The molecular formula is C14H20ClNO3S. The summed E-state index contributed by atoms with van der Waals surface area (Å²) >= 11 is 5.78. The molecule has 2 rings (SSSR count). The number of ether oxygens (including phenoxy) is 1. The number of rotatable bonds is 5. The first-order valence-electron chi connectivity index (χ1n) is 6.70. The van der Waals surface area contributed by atoms with Gasteiger partial charge in [0.25, 0.3) is 0 Å². The minimum Gasteiger partial charge on any atom is -0.381 e. The third-order valence-corrected chi connectivity index (χ3v) is 5.82. The molecule has 6 heteroatoms. The van der Waals surface area contributed by atoms with Crippen LogP contribution in [-0.4, -0.2) is 39.0 Å². The molecule has 1 heterocycles. The van der Waals surface area contributed by atoms with Gasteiger partial charge in [-0.3, -0.25) is 0 Å². The standard InChI is InChI=1S/C14H20ClNO3S/c1-16(14-5-7-19-8-6-14)20(17,18)11-13-4-2-3-12(9-13)10-15/h2-4,9,14H,5-8,10-11H2,1H3. The van der Waals surface area contributed by atoms with E-state index in [2.05, 4.69) is 0 Å². The van der Waals surface area contributed by atoms with Gasteiger partial charge in [-0.1, -0.05) is 24.3 Å². The lowest BCUT2D eigenvalue weighted by molar-refractivity contribution is 0.0632. The second-order valence-electron chi connectivity index (χ2n) is 5.07. The predicted molar refractivity (Wildman–Crippen MR) is 80.2 cm³/mol. The van der Waals surface area contributed by atoms with E-state index in [9.17, 15) is 8.42 Å². The van der Waals surface area contributed by atoms with Crippen molar-refractivity contribution in [2.45, 2.75) is 30.5 Å². The summed E-state index contributed by atoms with van der Waals surface area (Å²) in [6.45, 7) is 1.26. The molecule has 0 spiro atoms. The van der Waals surface area contributed by atoms with Crippen molar-refractivity contribution in [2.75, 3.05) is 20.3 Å². The Morgan fingerprint density at radius 3 is 2.60 bits per heavy atom. The van der Waals surface area contributed by atoms with Gasteiger partial charge in [0.2, 0.25) is 10.0 Å². The van der Waals surface area contributed by atoms with Crippen molar-refractivity contribution in [3.05, 3.63) is 35.4 Å². The molecule has 0 saturated carbocycles. The maximum atomic E-state index is 12.5. The lowest BCUT2D eigenvalue weighted by Gasteiger charge is -2.30. The molecule has 0 aliphatic carbocycles. The van der Waals surface area contributed by atoms with E-state index in [1.165, 1.54) is 4.31 Å².